The number of rotatable bonds is 3. The number of nitrogens with one attached hydrogen (secondary N) is 2. The summed E-state index contributed by atoms with van der Waals surface area (Å²) >= 11 is 0. The molecule has 0 unspecified atom stereocenters. The predicted octanol–water partition coefficient (Wildman–Crippen LogP) is 2.77. The highest BCUT2D eigenvalue weighted by Gasteiger charge is 2.15. The standard InChI is InChI=1S/C19H20N2O3/c1-2-12-3-7-17(22)16(9-12)19(24)21-15-6-4-13-5-8-18(23)20-11-14(13)10-15/h3-4,6-7,9-10,22H,2,5,8,11H2,1H3,(H,20,23)(H,21,24). The summed E-state index contributed by atoms with van der Waals surface area (Å²) in [5.74, 6) is -0.342. The number of amides is 2. The Morgan fingerprint density at radius 1 is 1.17 bits per heavy atom. The predicted molar refractivity (Wildman–Crippen MR) is 92.0 cm³/mol. The van der Waals surface area contributed by atoms with Crippen LogP contribution < -0.4 is 10.6 Å². The molecular weight excluding hydrogens is 304 g/mol. The van der Waals surface area contributed by atoms with Gasteiger partial charge in [0.25, 0.3) is 5.91 Å². The molecule has 1 heterocycles. The highest BCUT2D eigenvalue weighted by molar-refractivity contribution is 6.06. The van der Waals surface area contributed by atoms with E-state index in [4.69, 9.17) is 0 Å². The van der Waals surface area contributed by atoms with Gasteiger partial charge in [-0.1, -0.05) is 19.1 Å². The van der Waals surface area contributed by atoms with Gasteiger partial charge in [0.1, 0.15) is 5.75 Å². The number of fused-ring (bicyclic) bond motifs is 1. The van der Waals surface area contributed by atoms with E-state index in [2.05, 4.69) is 10.6 Å². The van der Waals surface area contributed by atoms with Crippen molar-refractivity contribution in [3.8, 4) is 5.75 Å². The molecule has 24 heavy (non-hydrogen) atoms. The van der Waals surface area contributed by atoms with Gasteiger partial charge in [-0.15, -0.1) is 0 Å². The first-order valence-corrected chi connectivity index (χ1v) is 8.08. The number of carbonyl (C=O) groups excluding carboxylic acids is 2. The van der Waals surface area contributed by atoms with Crippen LogP contribution in [-0.4, -0.2) is 16.9 Å². The first kappa shape index (κ1) is 16.1. The molecule has 3 rings (SSSR count). The minimum absolute atomic E-state index is 0.0354. The van der Waals surface area contributed by atoms with Crippen LogP contribution >= 0.6 is 0 Å². The van der Waals surface area contributed by atoms with Crippen molar-refractivity contribution in [3.63, 3.8) is 0 Å². The maximum Gasteiger partial charge on any atom is 0.259 e. The van der Waals surface area contributed by atoms with Crippen molar-refractivity contribution in [3.05, 3.63) is 58.7 Å². The van der Waals surface area contributed by atoms with E-state index in [0.29, 0.717) is 25.1 Å². The minimum atomic E-state index is -0.347. The fraction of sp³-hybridized carbons (Fsp3) is 0.263. The highest BCUT2D eigenvalue weighted by atomic mass is 16.3. The van der Waals surface area contributed by atoms with Gasteiger partial charge in [-0.05, 0) is 53.8 Å². The van der Waals surface area contributed by atoms with Gasteiger partial charge in [-0.3, -0.25) is 9.59 Å². The maximum absolute atomic E-state index is 12.5. The second-order valence-electron chi connectivity index (χ2n) is 5.92. The van der Waals surface area contributed by atoms with Crippen molar-refractivity contribution in [1.29, 1.82) is 0 Å². The summed E-state index contributed by atoms with van der Waals surface area (Å²) in [4.78, 5) is 23.9. The molecule has 1 aliphatic rings. The van der Waals surface area contributed by atoms with Gasteiger partial charge in [0.2, 0.25) is 5.91 Å². The Morgan fingerprint density at radius 3 is 2.79 bits per heavy atom. The molecule has 2 amide bonds. The normalized spacial score (nSPS) is 13.6. The minimum Gasteiger partial charge on any atom is -0.507 e. The summed E-state index contributed by atoms with van der Waals surface area (Å²) in [5.41, 5.74) is 4.02. The molecular formula is C19H20N2O3. The Bertz CT molecular complexity index is 799. The van der Waals surface area contributed by atoms with E-state index < -0.39 is 0 Å². The number of phenols is 1. The molecule has 2 aromatic carbocycles. The van der Waals surface area contributed by atoms with Crippen molar-refractivity contribution in [2.45, 2.75) is 32.7 Å². The van der Waals surface area contributed by atoms with Crippen LogP contribution in [0.5, 0.6) is 5.75 Å². The zero-order chi connectivity index (χ0) is 17.1. The van der Waals surface area contributed by atoms with E-state index in [1.807, 2.05) is 25.1 Å². The van der Waals surface area contributed by atoms with Crippen molar-refractivity contribution in [2.75, 3.05) is 5.32 Å². The summed E-state index contributed by atoms with van der Waals surface area (Å²) in [6.45, 7) is 2.46. The van der Waals surface area contributed by atoms with Crippen LogP contribution in [-0.2, 0) is 24.2 Å². The van der Waals surface area contributed by atoms with Crippen LogP contribution in [0.4, 0.5) is 5.69 Å². The first-order valence-electron chi connectivity index (χ1n) is 8.08. The highest BCUT2D eigenvalue weighted by Crippen LogP contribution is 2.23. The van der Waals surface area contributed by atoms with Gasteiger partial charge in [-0.25, -0.2) is 0 Å². The van der Waals surface area contributed by atoms with Crippen LogP contribution in [0.2, 0.25) is 0 Å². The van der Waals surface area contributed by atoms with E-state index in [9.17, 15) is 14.7 Å². The SMILES string of the molecule is CCc1ccc(O)c(C(=O)Nc2ccc3c(c2)CNC(=O)CC3)c1. The van der Waals surface area contributed by atoms with E-state index in [-0.39, 0.29) is 23.1 Å². The van der Waals surface area contributed by atoms with Gasteiger partial charge in [0.05, 0.1) is 5.56 Å². The van der Waals surface area contributed by atoms with Gasteiger partial charge in [-0.2, -0.15) is 0 Å². The molecule has 3 N–H and O–H groups in total. The number of carbonyl (C=O) groups is 2. The van der Waals surface area contributed by atoms with Gasteiger partial charge >= 0.3 is 0 Å². The molecule has 0 radical (unpaired) electrons. The fourth-order valence-electron chi connectivity index (χ4n) is 2.83. The monoisotopic (exact) mass is 324 g/mol. The van der Waals surface area contributed by atoms with Crippen molar-refractivity contribution in [2.24, 2.45) is 0 Å². The number of hydrogen-bond acceptors (Lipinski definition) is 3. The summed E-state index contributed by atoms with van der Waals surface area (Å²) in [6.07, 6.45) is 1.98. The summed E-state index contributed by atoms with van der Waals surface area (Å²) in [7, 11) is 0. The molecule has 5 nitrogen and oxygen atoms in total. The van der Waals surface area contributed by atoms with E-state index >= 15 is 0 Å². The molecule has 0 bridgehead atoms. The molecule has 0 atom stereocenters. The molecule has 0 aromatic heterocycles. The topological polar surface area (TPSA) is 78.4 Å². The Balaban J connectivity index is 1.81. The van der Waals surface area contributed by atoms with Crippen molar-refractivity contribution >= 4 is 17.5 Å². The zero-order valence-corrected chi connectivity index (χ0v) is 13.6. The third-order valence-corrected chi connectivity index (χ3v) is 4.28. The van der Waals surface area contributed by atoms with Gasteiger partial charge in [0.15, 0.2) is 0 Å². The Morgan fingerprint density at radius 2 is 2.00 bits per heavy atom. The molecule has 1 aliphatic heterocycles. The third kappa shape index (κ3) is 3.40. The molecule has 5 heteroatoms. The lowest BCUT2D eigenvalue weighted by atomic mass is 10.0. The van der Waals surface area contributed by atoms with Crippen molar-refractivity contribution < 1.29 is 14.7 Å². The molecule has 0 saturated heterocycles. The van der Waals surface area contributed by atoms with Crippen molar-refractivity contribution in [1.82, 2.24) is 5.32 Å². The molecule has 0 saturated carbocycles. The Hall–Kier alpha value is -2.82. The average Bonchev–Trinajstić information content (AvgIpc) is 2.77. The van der Waals surface area contributed by atoms with Crippen LogP contribution in [0.15, 0.2) is 36.4 Å². The van der Waals surface area contributed by atoms with E-state index in [0.717, 1.165) is 23.1 Å². The van der Waals surface area contributed by atoms with Gasteiger partial charge in [0, 0.05) is 18.7 Å². The lowest BCUT2D eigenvalue weighted by Gasteiger charge is -2.11. The number of benzene rings is 2. The summed E-state index contributed by atoms with van der Waals surface area (Å²) in [6, 6.07) is 10.7. The zero-order valence-electron chi connectivity index (χ0n) is 13.6. The third-order valence-electron chi connectivity index (χ3n) is 4.28. The number of anilines is 1. The molecule has 0 spiro atoms. The number of hydrogen-bond donors (Lipinski definition) is 3. The van der Waals surface area contributed by atoms with Crippen LogP contribution in [0, 0.1) is 0 Å². The van der Waals surface area contributed by atoms with Crippen LogP contribution in [0.1, 0.15) is 40.4 Å². The first-order chi connectivity index (χ1) is 11.6. The second kappa shape index (κ2) is 6.74. The number of aryl methyl sites for hydroxylation is 2. The summed E-state index contributed by atoms with van der Waals surface area (Å²) in [5, 5.41) is 15.6. The second-order valence-corrected chi connectivity index (χ2v) is 5.92. The molecule has 2 aromatic rings. The molecule has 124 valence electrons. The Kier molecular flexibility index (Phi) is 4.51. The lowest BCUT2D eigenvalue weighted by Crippen LogP contribution is -2.20. The molecule has 0 fully saturated rings. The largest absolute Gasteiger partial charge is 0.507 e. The Labute approximate surface area is 140 Å². The van der Waals surface area contributed by atoms with Crippen LogP contribution in [0.3, 0.4) is 0 Å². The smallest absolute Gasteiger partial charge is 0.259 e. The average molecular weight is 324 g/mol. The molecule has 0 aliphatic carbocycles. The quantitative estimate of drug-likeness (QED) is 0.812. The maximum atomic E-state index is 12.5. The lowest BCUT2D eigenvalue weighted by molar-refractivity contribution is -0.121. The summed E-state index contributed by atoms with van der Waals surface area (Å²) < 4.78 is 0. The van der Waals surface area contributed by atoms with E-state index in [1.165, 1.54) is 0 Å². The fourth-order valence-corrected chi connectivity index (χ4v) is 2.83. The van der Waals surface area contributed by atoms with Crippen LogP contribution in [0.25, 0.3) is 0 Å². The van der Waals surface area contributed by atoms with E-state index in [1.54, 1.807) is 18.2 Å². The number of phenolic OH excluding ortho intramolecular Hbond substituents is 1. The van der Waals surface area contributed by atoms with Gasteiger partial charge < -0.3 is 15.7 Å². The number of aromatic hydroxyl groups is 1.